The van der Waals surface area contributed by atoms with Gasteiger partial charge in [0.05, 0.1) is 27.8 Å². The minimum Gasteiger partial charge on any atom is -0.379 e. The van der Waals surface area contributed by atoms with Gasteiger partial charge < -0.3 is 9.47 Å². The maximum absolute atomic E-state index is 5.23. The van der Waals surface area contributed by atoms with E-state index in [4.69, 9.17) is 9.47 Å². The van der Waals surface area contributed by atoms with Gasteiger partial charge in [0, 0.05) is 13.7 Å². The molecule has 0 aliphatic heterocycles. The second kappa shape index (κ2) is 20.5. The molecule has 0 saturated heterocycles. The molecule has 0 atom stereocenters. The van der Waals surface area contributed by atoms with Crippen LogP contribution in [0, 0.1) is 20.8 Å². The number of rotatable bonds is 1. The van der Waals surface area contributed by atoms with Crippen LogP contribution in [0.1, 0.15) is 142 Å². The Bertz CT molecular complexity index is 1120. The highest BCUT2D eigenvalue weighted by molar-refractivity contribution is 4.92. The van der Waals surface area contributed by atoms with Gasteiger partial charge in [0.2, 0.25) is 0 Å². The molecule has 0 bridgehead atoms. The third kappa shape index (κ3) is 24.3. The van der Waals surface area contributed by atoms with Crippen LogP contribution in [0.5, 0.6) is 0 Å². The number of hydrogen-bond acceptors (Lipinski definition) is 8. The van der Waals surface area contributed by atoms with Gasteiger partial charge in [-0.3, -0.25) is 0 Å². The fraction of sp³-hybridized carbons (Fsp3) is 0.824. The van der Waals surface area contributed by atoms with Crippen molar-refractivity contribution in [2.24, 2.45) is 0 Å². The Hall–Kier alpha value is -2.66. The van der Waals surface area contributed by atoms with Crippen molar-refractivity contribution in [3.8, 4) is 0 Å². The van der Waals surface area contributed by atoms with Crippen LogP contribution in [0.25, 0.3) is 0 Å². The predicted molar refractivity (Wildman–Crippen MR) is 189 cm³/mol. The molecule has 0 unspecified atom stereocenters. The van der Waals surface area contributed by atoms with E-state index >= 15 is 0 Å². The molecular formula is C34H71N9O2. The Kier molecular flexibility index (Phi) is 21.3. The Balaban J connectivity index is -0.000000491. The molecule has 45 heavy (non-hydrogen) atoms. The largest absolute Gasteiger partial charge is 0.379 e. The van der Waals surface area contributed by atoms with Crippen molar-refractivity contribution >= 4 is 0 Å². The molecule has 0 N–H and O–H groups in total. The standard InChI is InChI=1S/C8H15N3.C7H13N3.C6H11N3.C6H14O.C5H12O.C2H6/c1-6-9-7(2)11(10-6)8(3,4)5;1-6-8-5-9-10(6)7(2,3)4;1-6(2,3)9-5-7-4-8-9;1-5-7-6(2,3)4;1-5(2,3)6-4;1-2/h1-5H3;5H,1-4H3;4-5H,1-3H3;5H2,1-4H3;1-4H3;1-2H3. The lowest BCUT2D eigenvalue weighted by atomic mass is 10.1. The summed E-state index contributed by atoms with van der Waals surface area (Å²) in [6, 6.07) is 0. The zero-order chi connectivity index (χ0) is 36.4. The van der Waals surface area contributed by atoms with E-state index in [1.807, 2.05) is 76.4 Å². The van der Waals surface area contributed by atoms with Gasteiger partial charge in [-0.1, -0.05) is 13.8 Å². The van der Waals surface area contributed by atoms with Crippen LogP contribution < -0.4 is 0 Å². The van der Waals surface area contributed by atoms with Crippen LogP contribution in [-0.4, -0.2) is 69.2 Å². The highest BCUT2D eigenvalue weighted by Gasteiger charge is 2.17. The Morgan fingerprint density at radius 3 is 1.24 bits per heavy atom. The van der Waals surface area contributed by atoms with Crippen LogP contribution in [0.2, 0.25) is 0 Å². The van der Waals surface area contributed by atoms with Crippen molar-refractivity contribution in [1.29, 1.82) is 0 Å². The molecule has 0 amide bonds. The van der Waals surface area contributed by atoms with Gasteiger partial charge in [0.25, 0.3) is 0 Å². The molecule has 3 heterocycles. The quantitative estimate of drug-likeness (QED) is 0.262. The highest BCUT2D eigenvalue weighted by atomic mass is 16.5. The zero-order valence-corrected chi connectivity index (χ0v) is 33.3. The van der Waals surface area contributed by atoms with Crippen molar-refractivity contribution in [3.63, 3.8) is 0 Å². The molecule has 0 radical (unpaired) electrons. The van der Waals surface area contributed by atoms with Gasteiger partial charge in [0.1, 0.15) is 36.5 Å². The summed E-state index contributed by atoms with van der Waals surface area (Å²) in [6.07, 6.45) is 4.85. The minimum atomic E-state index is 0.0417. The van der Waals surface area contributed by atoms with E-state index in [1.54, 1.807) is 26.1 Å². The number of ether oxygens (including phenoxy) is 2. The first-order valence-corrected chi connectivity index (χ1v) is 16.0. The molecule has 3 rings (SSSR count). The molecule has 0 saturated carbocycles. The van der Waals surface area contributed by atoms with Crippen LogP contribution >= 0.6 is 0 Å². The zero-order valence-electron chi connectivity index (χ0n) is 33.3. The van der Waals surface area contributed by atoms with Crippen LogP contribution in [0.15, 0.2) is 19.0 Å². The Labute approximate surface area is 277 Å². The molecule has 3 aromatic rings. The Morgan fingerprint density at radius 1 is 0.644 bits per heavy atom. The van der Waals surface area contributed by atoms with Gasteiger partial charge in [0.15, 0.2) is 0 Å². The first-order chi connectivity index (χ1) is 20.2. The van der Waals surface area contributed by atoms with E-state index < -0.39 is 0 Å². The molecule has 0 aromatic carbocycles. The predicted octanol–water partition coefficient (Wildman–Crippen LogP) is 8.30. The normalized spacial score (nSPS) is 11.6. The van der Waals surface area contributed by atoms with Gasteiger partial charge in [-0.05, 0) is 132 Å². The van der Waals surface area contributed by atoms with E-state index in [2.05, 4.69) is 113 Å². The fourth-order valence-electron chi connectivity index (χ4n) is 3.10. The van der Waals surface area contributed by atoms with Crippen molar-refractivity contribution in [3.05, 3.63) is 36.5 Å². The van der Waals surface area contributed by atoms with Gasteiger partial charge >= 0.3 is 0 Å². The van der Waals surface area contributed by atoms with Crippen molar-refractivity contribution in [1.82, 2.24) is 44.3 Å². The molecular weight excluding hydrogens is 566 g/mol. The molecule has 3 aromatic heterocycles. The van der Waals surface area contributed by atoms with Crippen LogP contribution in [0.4, 0.5) is 0 Å². The Morgan fingerprint density at radius 2 is 1.11 bits per heavy atom. The third-order valence-electron chi connectivity index (χ3n) is 5.16. The maximum atomic E-state index is 5.23. The summed E-state index contributed by atoms with van der Waals surface area (Å²) in [5.41, 5.74) is 0.261. The van der Waals surface area contributed by atoms with Crippen LogP contribution in [-0.2, 0) is 26.1 Å². The lowest BCUT2D eigenvalue weighted by Gasteiger charge is -2.19. The van der Waals surface area contributed by atoms with E-state index in [0.29, 0.717) is 0 Å². The number of aryl methyl sites for hydroxylation is 3. The number of methoxy groups -OCH3 is 1. The monoisotopic (exact) mass is 638 g/mol. The van der Waals surface area contributed by atoms with Gasteiger partial charge in [-0.2, -0.15) is 15.3 Å². The first kappa shape index (κ1) is 46.8. The molecule has 0 fully saturated rings. The molecule has 0 aliphatic rings. The van der Waals surface area contributed by atoms with Gasteiger partial charge in [-0.15, -0.1) is 0 Å². The lowest BCUT2D eigenvalue weighted by molar-refractivity contribution is 0.00531. The SMILES string of the molecule is CC.CC(C)(C)n1cncn1.CCOC(C)(C)C.COC(C)(C)C.Cc1nc(C)n(C(C)(C)C)n1.Cc1ncnn1C(C)(C)C. The average Bonchev–Trinajstić information content (AvgIpc) is 3.61. The van der Waals surface area contributed by atoms with E-state index in [0.717, 1.165) is 24.1 Å². The summed E-state index contributed by atoms with van der Waals surface area (Å²) < 4.78 is 15.8. The summed E-state index contributed by atoms with van der Waals surface area (Å²) >= 11 is 0. The second-order valence-corrected chi connectivity index (χ2v) is 15.1. The highest BCUT2D eigenvalue weighted by Crippen LogP contribution is 2.14. The van der Waals surface area contributed by atoms with Crippen molar-refractivity contribution in [2.45, 2.75) is 173 Å². The average molecular weight is 638 g/mol. The second-order valence-electron chi connectivity index (χ2n) is 15.1. The number of hydrogen-bond donors (Lipinski definition) is 0. The molecule has 11 heteroatoms. The molecule has 0 spiro atoms. The fourth-order valence-corrected chi connectivity index (χ4v) is 3.10. The lowest BCUT2D eigenvalue weighted by Crippen LogP contribution is -2.24. The minimum absolute atomic E-state index is 0.0417. The molecule has 11 nitrogen and oxygen atoms in total. The summed E-state index contributed by atoms with van der Waals surface area (Å²) in [4.78, 5) is 12.1. The molecule has 0 aliphatic carbocycles. The summed E-state index contributed by atoms with van der Waals surface area (Å²) in [5, 5.41) is 12.4. The van der Waals surface area contributed by atoms with E-state index in [1.165, 1.54) is 0 Å². The van der Waals surface area contributed by atoms with Crippen LogP contribution in [0.3, 0.4) is 0 Å². The third-order valence-corrected chi connectivity index (χ3v) is 5.16. The first-order valence-electron chi connectivity index (χ1n) is 16.0. The summed E-state index contributed by atoms with van der Waals surface area (Å²) in [5.74, 6) is 2.79. The molecule has 264 valence electrons. The number of aromatic nitrogens is 9. The summed E-state index contributed by atoms with van der Waals surface area (Å²) in [7, 11) is 1.71. The topological polar surface area (TPSA) is 111 Å². The van der Waals surface area contributed by atoms with Crippen molar-refractivity contribution < 1.29 is 9.47 Å². The smallest absolute Gasteiger partial charge is 0.147 e. The number of nitrogens with zero attached hydrogens (tertiary/aromatic N) is 9. The van der Waals surface area contributed by atoms with Crippen molar-refractivity contribution in [2.75, 3.05) is 13.7 Å². The van der Waals surface area contributed by atoms with E-state index in [9.17, 15) is 0 Å². The van der Waals surface area contributed by atoms with E-state index in [-0.39, 0.29) is 27.8 Å². The summed E-state index contributed by atoms with van der Waals surface area (Å²) in [6.45, 7) is 43.8. The van der Waals surface area contributed by atoms with Gasteiger partial charge in [-0.25, -0.2) is 29.0 Å². The maximum Gasteiger partial charge on any atom is 0.147 e.